The SMILES string of the molecule is CC1=CCC(N(c2ccc(C)cc2)c2cc3c4ccccc4c(N(c4ccccc4)c4ccc(C)cc4)cc3c3ccccc23)C=C1.CCC. The minimum absolute atomic E-state index is 0.211. The van der Waals surface area contributed by atoms with Crippen molar-refractivity contribution in [1.29, 1.82) is 0 Å². The lowest BCUT2D eigenvalue weighted by Crippen LogP contribution is -2.30. The van der Waals surface area contributed by atoms with Crippen LogP contribution in [-0.2, 0) is 0 Å². The van der Waals surface area contributed by atoms with Crippen molar-refractivity contribution in [2.45, 2.75) is 53.5 Å². The van der Waals surface area contributed by atoms with E-state index in [1.54, 1.807) is 0 Å². The van der Waals surface area contributed by atoms with E-state index in [2.05, 4.69) is 202 Å². The number of benzene rings is 7. The average molecular weight is 651 g/mol. The van der Waals surface area contributed by atoms with Crippen LogP contribution >= 0.6 is 0 Å². The summed E-state index contributed by atoms with van der Waals surface area (Å²) in [5, 5.41) is 7.50. The number of para-hydroxylation sites is 1. The summed E-state index contributed by atoms with van der Waals surface area (Å²) in [6, 6.07) is 51.5. The Morgan fingerprint density at radius 1 is 0.500 bits per heavy atom. The van der Waals surface area contributed by atoms with Crippen LogP contribution in [0.3, 0.4) is 0 Å². The predicted octanol–water partition coefficient (Wildman–Crippen LogP) is 14.1. The van der Waals surface area contributed by atoms with Crippen LogP contribution in [-0.4, -0.2) is 6.04 Å². The van der Waals surface area contributed by atoms with Crippen molar-refractivity contribution in [2.75, 3.05) is 9.80 Å². The first-order valence-electron chi connectivity index (χ1n) is 18.0. The molecule has 0 spiro atoms. The second-order valence-electron chi connectivity index (χ2n) is 13.5. The van der Waals surface area contributed by atoms with Crippen molar-refractivity contribution in [3.05, 3.63) is 174 Å². The van der Waals surface area contributed by atoms with Crippen molar-refractivity contribution < 1.29 is 0 Å². The fraction of sp³-hybridized carbons (Fsp3) is 0.167. The van der Waals surface area contributed by atoms with Gasteiger partial charge in [-0.1, -0.05) is 146 Å². The summed E-state index contributed by atoms with van der Waals surface area (Å²) in [7, 11) is 0. The van der Waals surface area contributed by atoms with Gasteiger partial charge in [0.25, 0.3) is 0 Å². The molecule has 0 aliphatic heterocycles. The van der Waals surface area contributed by atoms with Gasteiger partial charge in [-0.15, -0.1) is 0 Å². The molecule has 0 N–H and O–H groups in total. The van der Waals surface area contributed by atoms with Gasteiger partial charge < -0.3 is 9.80 Å². The second kappa shape index (κ2) is 14.5. The number of anilines is 5. The van der Waals surface area contributed by atoms with E-state index in [9.17, 15) is 0 Å². The summed E-state index contributed by atoms with van der Waals surface area (Å²) >= 11 is 0. The molecule has 248 valence electrons. The van der Waals surface area contributed by atoms with Gasteiger partial charge in [0.1, 0.15) is 0 Å². The largest absolute Gasteiger partial charge is 0.334 e. The van der Waals surface area contributed by atoms with Crippen LogP contribution in [0.5, 0.6) is 0 Å². The maximum atomic E-state index is 2.55. The van der Waals surface area contributed by atoms with Gasteiger partial charge in [0.2, 0.25) is 0 Å². The number of allylic oxidation sites excluding steroid dienone is 2. The molecule has 0 amide bonds. The van der Waals surface area contributed by atoms with E-state index in [1.165, 1.54) is 72.5 Å². The van der Waals surface area contributed by atoms with Crippen LogP contribution < -0.4 is 9.80 Å². The Morgan fingerprint density at radius 2 is 0.960 bits per heavy atom. The van der Waals surface area contributed by atoms with Crippen molar-refractivity contribution in [2.24, 2.45) is 0 Å². The van der Waals surface area contributed by atoms with Crippen LogP contribution in [0, 0.1) is 13.8 Å². The molecule has 0 heterocycles. The number of hydrogen-bond donors (Lipinski definition) is 0. The monoisotopic (exact) mass is 650 g/mol. The molecule has 0 fully saturated rings. The molecule has 0 bridgehead atoms. The highest BCUT2D eigenvalue weighted by atomic mass is 15.2. The first-order valence-corrected chi connectivity index (χ1v) is 18.0. The highest BCUT2D eigenvalue weighted by molar-refractivity contribution is 6.24. The fourth-order valence-corrected chi connectivity index (χ4v) is 7.12. The van der Waals surface area contributed by atoms with Gasteiger partial charge >= 0.3 is 0 Å². The number of aryl methyl sites for hydroxylation is 2. The molecule has 1 atom stereocenters. The first kappa shape index (κ1) is 32.9. The quantitative estimate of drug-likeness (QED) is 0.165. The Kier molecular flexibility index (Phi) is 9.54. The van der Waals surface area contributed by atoms with Crippen molar-refractivity contribution in [3.63, 3.8) is 0 Å². The van der Waals surface area contributed by atoms with E-state index < -0.39 is 0 Å². The molecule has 1 aliphatic rings. The van der Waals surface area contributed by atoms with E-state index in [-0.39, 0.29) is 6.04 Å². The molecule has 2 heteroatoms. The summed E-state index contributed by atoms with van der Waals surface area (Å²) < 4.78 is 0. The molecule has 2 nitrogen and oxygen atoms in total. The van der Waals surface area contributed by atoms with Gasteiger partial charge in [0, 0.05) is 27.8 Å². The maximum absolute atomic E-state index is 2.55. The number of fused-ring (bicyclic) bond motifs is 5. The van der Waals surface area contributed by atoms with E-state index in [1.807, 2.05) is 0 Å². The molecule has 7 aromatic rings. The molecule has 1 aliphatic carbocycles. The minimum Gasteiger partial charge on any atom is -0.334 e. The third kappa shape index (κ3) is 6.42. The Hall–Kier alpha value is -5.60. The number of hydrogen-bond acceptors (Lipinski definition) is 2. The van der Waals surface area contributed by atoms with E-state index >= 15 is 0 Å². The molecular weight excluding hydrogens is 605 g/mol. The lowest BCUT2D eigenvalue weighted by atomic mass is 9.92. The third-order valence-electron chi connectivity index (χ3n) is 9.55. The number of rotatable bonds is 6. The van der Waals surface area contributed by atoms with Crippen molar-refractivity contribution in [3.8, 4) is 0 Å². The summed E-state index contributed by atoms with van der Waals surface area (Å²) in [6.07, 6.45) is 9.21. The molecule has 0 radical (unpaired) electrons. The molecule has 8 rings (SSSR count). The van der Waals surface area contributed by atoms with Gasteiger partial charge in [-0.3, -0.25) is 0 Å². The average Bonchev–Trinajstić information content (AvgIpc) is 3.15. The molecule has 50 heavy (non-hydrogen) atoms. The zero-order valence-corrected chi connectivity index (χ0v) is 29.9. The van der Waals surface area contributed by atoms with Gasteiger partial charge in [-0.05, 0) is 97.3 Å². The van der Waals surface area contributed by atoms with Crippen molar-refractivity contribution >= 4 is 60.8 Å². The van der Waals surface area contributed by atoms with Gasteiger partial charge in [-0.2, -0.15) is 0 Å². The highest BCUT2D eigenvalue weighted by Gasteiger charge is 2.24. The Balaban J connectivity index is 0.00000126. The Labute approximate surface area is 297 Å². The summed E-state index contributed by atoms with van der Waals surface area (Å²) in [5.74, 6) is 0. The molecule has 0 saturated carbocycles. The topological polar surface area (TPSA) is 6.48 Å². The molecular formula is C48H46N2. The highest BCUT2D eigenvalue weighted by Crippen LogP contribution is 2.46. The second-order valence-corrected chi connectivity index (χ2v) is 13.5. The van der Waals surface area contributed by atoms with Crippen LogP contribution in [0.1, 0.15) is 44.7 Å². The van der Waals surface area contributed by atoms with Gasteiger partial charge in [0.15, 0.2) is 0 Å². The van der Waals surface area contributed by atoms with E-state index in [0.717, 1.165) is 17.8 Å². The molecule has 7 aromatic carbocycles. The molecule has 0 saturated heterocycles. The Bertz CT molecular complexity index is 2310. The lowest BCUT2D eigenvalue weighted by Gasteiger charge is -2.34. The van der Waals surface area contributed by atoms with Gasteiger partial charge in [-0.25, -0.2) is 0 Å². The third-order valence-corrected chi connectivity index (χ3v) is 9.55. The molecule has 1 unspecified atom stereocenters. The minimum atomic E-state index is 0.211. The summed E-state index contributed by atoms with van der Waals surface area (Å²) in [5.41, 5.74) is 9.73. The van der Waals surface area contributed by atoms with Crippen LogP contribution in [0.25, 0.3) is 32.3 Å². The van der Waals surface area contributed by atoms with Crippen LogP contribution in [0.4, 0.5) is 28.4 Å². The van der Waals surface area contributed by atoms with E-state index in [0.29, 0.717) is 0 Å². The number of nitrogens with zero attached hydrogens (tertiary/aromatic N) is 2. The van der Waals surface area contributed by atoms with Crippen molar-refractivity contribution in [1.82, 2.24) is 0 Å². The predicted molar refractivity (Wildman–Crippen MR) is 219 cm³/mol. The lowest BCUT2D eigenvalue weighted by molar-refractivity contribution is 0.782. The van der Waals surface area contributed by atoms with Gasteiger partial charge in [0.05, 0.1) is 17.4 Å². The Morgan fingerprint density at radius 3 is 1.50 bits per heavy atom. The van der Waals surface area contributed by atoms with Crippen LogP contribution in [0.2, 0.25) is 0 Å². The summed E-state index contributed by atoms with van der Waals surface area (Å²) in [6.45, 7) is 10.7. The fourth-order valence-electron chi connectivity index (χ4n) is 7.12. The zero-order chi connectivity index (χ0) is 34.6. The first-order chi connectivity index (χ1) is 24.5. The van der Waals surface area contributed by atoms with Crippen LogP contribution in [0.15, 0.2) is 163 Å². The zero-order valence-electron chi connectivity index (χ0n) is 29.9. The standard InChI is InChI=1S/C45H38N2.C3H8/c1-31-17-23-35(24-18-31)46(34-11-5-4-6-12-34)44-29-42-39-14-8-10-16-41(39)45(30-43(42)38-13-7-9-15-40(38)44)47(36-25-19-32(2)20-26-36)37-27-21-33(3)22-28-37;1-3-2/h4-27,29-30,37H,28H2,1-3H3;3H2,1-2H3. The maximum Gasteiger partial charge on any atom is 0.0560 e. The smallest absolute Gasteiger partial charge is 0.0560 e. The van der Waals surface area contributed by atoms with E-state index in [4.69, 9.17) is 0 Å². The normalized spacial score (nSPS) is 13.9. The summed E-state index contributed by atoms with van der Waals surface area (Å²) in [4.78, 5) is 4.95. The molecule has 0 aromatic heterocycles.